The normalized spacial score (nSPS) is 9.88. The Bertz CT molecular complexity index is 368. The van der Waals surface area contributed by atoms with Crippen molar-refractivity contribution in [1.82, 2.24) is 9.97 Å². The van der Waals surface area contributed by atoms with E-state index in [2.05, 4.69) is 20.6 Å². The van der Waals surface area contributed by atoms with E-state index in [0.717, 1.165) is 5.82 Å². The summed E-state index contributed by atoms with van der Waals surface area (Å²) in [7, 11) is 1.79. The highest BCUT2D eigenvalue weighted by Gasteiger charge is 2.00. The number of anilines is 2. The number of nitrogens with one attached hydrogen (secondary N) is 2. The highest BCUT2D eigenvalue weighted by molar-refractivity contribution is 5.66. The standard InChI is InChI=1S/C10H16N4O2/c1-7-13-8(11-2)6-9(14-7)12-5-3-4-10(15)16/h6H,3-5H2,1-2H3,(H,15,16)(H2,11,12,13,14). The van der Waals surface area contributed by atoms with Crippen LogP contribution in [0.25, 0.3) is 0 Å². The Kier molecular flexibility index (Phi) is 4.50. The van der Waals surface area contributed by atoms with Crippen LogP contribution in [0.15, 0.2) is 6.07 Å². The van der Waals surface area contributed by atoms with Crippen LogP contribution in [-0.4, -0.2) is 34.6 Å². The number of rotatable bonds is 6. The van der Waals surface area contributed by atoms with Gasteiger partial charge in [0.2, 0.25) is 0 Å². The summed E-state index contributed by atoms with van der Waals surface area (Å²) < 4.78 is 0. The summed E-state index contributed by atoms with van der Waals surface area (Å²) in [5.41, 5.74) is 0. The second-order valence-corrected chi connectivity index (χ2v) is 3.36. The van der Waals surface area contributed by atoms with Gasteiger partial charge in [0.15, 0.2) is 0 Å². The molecule has 0 aromatic carbocycles. The summed E-state index contributed by atoms with van der Waals surface area (Å²) in [5, 5.41) is 14.5. The third kappa shape index (κ3) is 4.12. The van der Waals surface area contributed by atoms with Crippen molar-refractivity contribution >= 4 is 17.6 Å². The maximum atomic E-state index is 10.3. The fourth-order valence-corrected chi connectivity index (χ4v) is 1.24. The smallest absolute Gasteiger partial charge is 0.303 e. The molecule has 0 saturated carbocycles. The summed E-state index contributed by atoms with van der Waals surface area (Å²) in [4.78, 5) is 18.6. The lowest BCUT2D eigenvalue weighted by molar-refractivity contribution is -0.137. The molecule has 0 aliphatic heterocycles. The minimum absolute atomic E-state index is 0.163. The van der Waals surface area contributed by atoms with Gasteiger partial charge in [-0.15, -0.1) is 0 Å². The number of carboxylic acids is 1. The van der Waals surface area contributed by atoms with Gasteiger partial charge in [-0.1, -0.05) is 0 Å². The lowest BCUT2D eigenvalue weighted by atomic mass is 10.3. The lowest BCUT2D eigenvalue weighted by Gasteiger charge is -2.07. The third-order valence-electron chi connectivity index (χ3n) is 1.97. The zero-order valence-electron chi connectivity index (χ0n) is 9.45. The van der Waals surface area contributed by atoms with Gasteiger partial charge in [0, 0.05) is 26.1 Å². The van der Waals surface area contributed by atoms with Gasteiger partial charge >= 0.3 is 5.97 Å². The van der Waals surface area contributed by atoms with Gasteiger partial charge in [-0.2, -0.15) is 0 Å². The third-order valence-corrected chi connectivity index (χ3v) is 1.97. The summed E-state index contributed by atoms with van der Waals surface area (Å²) in [6.45, 7) is 2.40. The Labute approximate surface area is 94.1 Å². The Morgan fingerprint density at radius 1 is 1.44 bits per heavy atom. The van der Waals surface area contributed by atoms with E-state index in [1.165, 1.54) is 0 Å². The molecule has 3 N–H and O–H groups in total. The van der Waals surface area contributed by atoms with Crippen LogP contribution in [-0.2, 0) is 4.79 Å². The van der Waals surface area contributed by atoms with Crippen LogP contribution >= 0.6 is 0 Å². The molecule has 0 atom stereocenters. The molecule has 1 aromatic rings. The van der Waals surface area contributed by atoms with Gasteiger partial charge < -0.3 is 15.7 Å². The molecule has 1 rings (SSSR count). The first-order chi connectivity index (χ1) is 7.61. The molecular weight excluding hydrogens is 208 g/mol. The Hall–Kier alpha value is -1.85. The van der Waals surface area contributed by atoms with Crippen LogP contribution < -0.4 is 10.6 Å². The number of nitrogens with zero attached hydrogens (tertiary/aromatic N) is 2. The van der Waals surface area contributed by atoms with Crippen LogP contribution in [0.4, 0.5) is 11.6 Å². The predicted molar refractivity (Wildman–Crippen MR) is 61.7 cm³/mol. The molecule has 6 nitrogen and oxygen atoms in total. The van der Waals surface area contributed by atoms with Crippen LogP contribution in [0.2, 0.25) is 0 Å². The number of hydrogen-bond donors (Lipinski definition) is 3. The Balaban J connectivity index is 2.47. The van der Waals surface area contributed by atoms with E-state index in [1.54, 1.807) is 13.1 Å². The molecule has 0 fully saturated rings. The van der Waals surface area contributed by atoms with E-state index >= 15 is 0 Å². The molecule has 88 valence electrons. The van der Waals surface area contributed by atoms with E-state index in [9.17, 15) is 4.79 Å². The summed E-state index contributed by atoms with van der Waals surface area (Å²) in [5.74, 6) is 1.35. The number of carbonyl (C=O) groups is 1. The van der Waals surface area contributed by atoms with Gasteiger partial charge in [-0.3, -0.25) is 4.79 Å². The van der Waals surface area contributed by atoms with Gasteiger partial charge in [-0.25, -0.2) is 9.97 Å². The molecule has 0 spiro atoms. The van der Waals surface area contributed by atoms with E-state index in [0.29, 0.717) is 24.6 Å². The first-order valence-electron chi connectivity index (χ1n) is 5.11. The van der Waals surface area contributed by atoms with Crippen molar-refractivity contribution in [1.29, 1.82) is 0 Å². The minimum atomic E-state index is -0.781. The molecule has 0 bridgehead atoms. The minimum Gasteiger partial charge on any atom is -0.481 e. The van der Waals surface area contributed by atoms with Crippen molar-refractivity contribution < 1.29 is 9.90 Å². The van der Waals surface area contributed by atoms with Gasteiger partial charge in [0.25, 0.3) is 0 Å². The summed E-state index contributed by atoms with van der Waals surface area (Å²) in [6, 6.07) is 1.79. The molecule has 0 aliphatic rings. The fraction of sp³-hybridized carbons (Fsp3) is 0.500. The number of carboxylic acid groups (broad SMARTS) is 1. The Morgan fingerprint density at radius 2 is 2.12 bits per heavy atom. The maximum Gasteiger partial charge on any atom is 0.303 e. The van der Waals surface area contributed by atoms with E-state index in [-0.39, 0.29) is 6.42 Å². The molecule has 0 aliphatic carbocycles. The highest BCUT2D eigenvalue weighted by Crippen LogP contribution is 2.10. The molecule has 16 heavy (non-hydrogen) atoms. The lowest BCUT2D eigenvalue weighted by Crippen LogP contribution is -2.08. The number of aliphatic carboxylic acids is 1. The Morgan fingerprint density at radius 3 is 2.75 bits per heavy atom. The summed E-state index contributed by atoms with van der Waals surface area (Å²) >= 11 is 0. The molecular formula is C10H16N4O2. The second kappa shape index (κ2) is 5.89. The van der Waals surface area contributed by atoms with Crippen LogP contribution in [0, 0.1) is 6.92 Å². The number of hydrogen-bond acceptors (Lipinski definition) is 5. The van der Waals surface area contributed by atoms with Crippen molar-refractivity contribution in [2.45, 2.75) is 19.8 Å². The van der Waals surface area contributed by atoms with Crippen molar-refractivity contribution in [3.63, 3.8) is 0 Å². The SMILES string of the molecule is CNc1cc(NCCCC(=O)O)nc(C)n1. The van der Waals surface area contributed by atoms with Crippen molar-refractivity contribution in [3.8, 4) is 0 Å². The zero-order chi connectivity index (χ0) is 12.0. The highest BCUT2D eigenvalue weighted by atomic mass is 16.4. The molecule has 6 heteroatoms. The van der Waals surface area contributed by atoms with Crippen LogP contribution in [0.1, 0.15) is 18.7 Å². The molecule has 1 heterocycles. The molecule has 1 aromatic heterocycles. The van der Waals surface area contributed by atoms with Crippen LogP contribution in [0.5, 0.6) is 0 Å². The van der Waals surface area contributed by atoms with E-state index in [4.69, 9.17) is 5.11 Å². The monoisotopic (exact) mass is 224 g/mol. The van der Waals surface area contributed by atoms with Crippen molar-refractivity contribution in [2.75, 3.05) is 24.2 Å². The van der Waals surface area contributed by atoms with Crippen molar-refractivity contribution in [3.05, 3.63) is 11.9 Å². The fourth-order valence-electron chi connectivity index (χ4n) is 1.24. The molecule has 0 saturated heterocycles. The van der Waals surface area contributed by atoms with E-state index in [1.807, 2.05) is 6.92 Å². The number of aryl methyl sites for hydroxylation is 1. The maximum absolute atomic E-state index is 10.3. The zero-order valence-corrected chi connectivity index (χ0v) is 9.45. The quantitative estimate of drug-likeness (QED) is 0.627. The molecule has 0 amide bonds. The largest absolute Gasteiger partial charge is 0.481 e. The van der Waals surface area contributed by atoms with Gasteiger partial charge in [0.05, 0.1) is 0 Å². The first kappa shape index (κ1) is 12.2. The number of aromatic nitrogens is 2. The van der Waals surface area contributed by atoms with E-state index < -0.39 is 5.97 Å². The van der Waals surface area contributed by atoms with Crippen molar-refractivity contribution in [2.24, 2.45) is 0 Å². The topological polar surface area (TPSA) is 87.1 Å². The average molecular weight is 224 g/mol. The predicted octanol–water partition coefficient (Wildman–Crippen LogP) is 1.10. The van der Waals surface area contributed by atoms with Gasteiger partial charge in [0.1, 0.15) is 17.5 Å². The second-order valence-electron chi connectivity index (χ2n) is 3.36. The first-order valence-corrected chi connectivity index (χ1v) is 5.11. The average Bonchev–Trinajstić information content (AvgIpc) is 2.23. The van der Waals surface area contributed by atoms with Gasteiger partial charge in [-0.05, 0) is 13.3 Å². The van der Waals surface area contributed by atoms with Crippen LogP contribution in [0.3, 0.4) is 0 Å². The molecule has 0 radical (unpaired) electrons. The molecule has 0 unspecified atom stereocenters. The summed E-state index contributed by atoms with van der Waals surface area (Å²) in [6.07, 6.45) is 0.739.